The monoisotopic (exact) mass is 333 g/mol. The van der Waals surface area contributed by atoms with Crippen molar-refractivity contribution >= 4 is 11.9 Å². The van der Waals surface area contributed by atoms with Crippen molar-refractivity contribution in [3.8, 4) is 11.5 Å². The molecule has 1 saturated heterocycles. The molecule has 1 aromatic carbocycles. The average Bonchev–Trinajstić information content (AvgIpc) is 2.96. The molecule has 7 nitrogen and oxygen atoms in total. The highest BCUT2D eigenvalue weighted by Crippen LogP contribution is 2.32. The Balaban J connectivity index is 1.37. The lowest BCUT2D eigenvalue weighted by molar-refractivity contribution is -0.130. The number of ether oxygens (including phenoxy) is 2. The van der Waals surface area contributed by atoms with E-state index in [2.05, 4.69) is 10.6 Å². The minimum Gasteiger partial charge on any atom is -0.454 e. The van der Waals surface area contributed by atoms with Crippen molar-refractivity contribution in [2.75, 3.05) is 26.4 Å². The van der Waals surface area contributed by atoms with Crippen LogP contribution in [-0.2, 0) is 11.3 Å². The minimum absolute atomic E-state index is 0.190. The Morgan fingerprint density at radius 2 is 2.00 bits per heavy atom. The van der Waals surface area contributed by atoms with Gasteiger partial charge in [-0.3, -0.25) is 4.79 Å². The van der Waals surface area contributed by atoms with Gasteiger partial charge in [-0.1, -0.05) is 12.5 Å². The van der Waals surface area contributed by atoms with Gasteiger partial charge in [-0.15, -0.1) is 0 Å². The third-order valence-electron chi connectivity index (χ3n) is 4.23. The number of amides is 3. The van der Waals surface area contributed by atoms with E-state index in [4.69, 9.17) is 9.47 Å². The van der Waals surface area contributed by atoms with Crippen LogP contribution in [0.5, 0.6) is 11.5 Å². The third-order valence-corrected chi connectivity index (χ3v) is 4.23. The summed E-state index contributed by atoms with van der Waals surface area (Å²) in [6.45, 7) is 2.46. The first-order chi connectivity index (χ1) is 11.7. The van der Waals surface area contributed by atoms with Crippen LogP contribution in [0.1, 0.15) is 31.2 Å². The van der Waals surface area contributed by atoms with Gasteiger partial charge in [0.15, 0.2) is 11.5 Å². The fourth-order valence-electron chi connectivity index (χ4n) is 2.88. The van der Waals surface area contributed by atoms with Crippen molar-refractivity contribution in [1.29, 1.82) is 0 Å². The van der Waals surface area contributed by atoms with Gasteiger partial charge in [0.1, 0.15) is 0 Å². The van der Waals surface area contributed by atoms with Crippen LogP contribution < -0.4 is 20.1 Å². The molecule has 3 amide bonds. The van der Waals surface area contributed by atoms with Crippen molar-refractivity contribution in [1.82, 2.24) is 15.5 Å². The molecule has 0 atom stereocenters. The molecule has 7 heteroatoms. The number of carbonyl (C=O) groups is 2. The molecule has 0 spiro atoms. The lowest BCUT2D eigenvalue weighted by atomic mass is 10.2. The van der Waals surface area contributed by atoms with Crippen molar-refractivity contribution in [2.24, 2.45) is 0 Å². The van der Waals surface area contributed by atoms with Gasteiger partial charge in [-0.2, -0.15) is 0 Å². The van der Waals surface area contributed by atoms with E-state index in [-0.39, 0.29) is 18.7 Å². The molecule has 2 aliphatic heterocycles. The number of rotatable bonds is 5. The van der Waals surface area contributed by atoms with E-state index >= 15 is 0 Å². The molecule has 3 rings (SSSR count). The first-order valence-corrected chi connectivity index (χ1v) is 8.40. The van der Waals surface area contributed by atoms with E-state index < -0.39 is 0 Å². The third kappa shape index (κ3) is 4.31. The van der Waals surface area contributed by atoms with Crippen LogP contribution in [0.25, 0.3) is 0 Å². The standard InChI is InChI=1S/C17H23N3O4/c21-16-4-2-1-3-8-20(16)9-7-18-17(22)19-11-13-5-6-14-15(10-13)24-12-23-14/h5-6,10H,1-4,7-9,11-12H2,(H2,18,19,22). The van der Waals surface area contributed by atoms with Gasteiger partial charge in [-0.05, 0) is 30.5 Å². The molecular weight excluding hydrogens is 310 g/mol. The van der Waals surface area contributed by atoms with Crippen LogP contribution in [0.15, 0.2) is 18.2 Å². The Hall–Kier alpha value is -2.44. The summed E-state index contributed by atoms with van der Waals surface area (Å²) >= 11 is 0. The number of urea groups is 1. The zero-order valence-corrected chi connectivity index (χ0v) is 13.7. The van der Waals surface area contributed by atoms with Crippen LogP contribution in [0.4, 0.5) is 4.79 Å². The summed E-state index contributed by atoms with van der Waals surface area (Å²) in [7, 11) is 0. The van der Waals surface area contributed by atoms with E-state index in [9.17, 15) is 9.59 Å². The molecule has 2 aliphatic rings. The number of carbonyl (C=O) groups excluding carboxylic acids is 2. The Labute approximate surface area is 141 Å². The molecular formula is C17H23N3O4. The Bertz CT molecular complexity index is 605. The summed E-state index contributed by atoms with van der Waals surface area (Å²) in [5, 5.41) is 5.60. The van der Waals surface area contributed by atoms with Gasteiger partial charge in [0.05, 0.1) is 0 Å². The summed E-state index contributed by atoms with van der Waals surface area (Å²) in [5.41, 5.74) is 0.942. The van der Waals surface area contributed by atoms with Gasteiger partial charge in [0.25, 0.3) is 0 Å². The molecule has 0 unspecified atom stereocenters. The Morgan fingerprint density at radius 3 is 2.92 bits per heavy atom. The van der Waals surface area contributed by atoms with Gasteiger partial charge in [0.2, 0.25) is 12.7 Å². The first kappa shape index (κ1) is 16.4. The molecule has 0 saturated carbocycles. The Morgan fingerprint density at radius 1 is 1.12 bits per heavy atom. The first-order valence-electron chi connectivity index (χ1n) is 8.40. The molecule has 1 fully saturated rings. The quantitative estimate of drug-likeness (QED) is 0.858. The second-order valence-corrected chi connectivity index (χ2v) is 5.99. The normalized spacial score (nSPS) is 16.7. The van der Waals surface area contributed by atoms with Crippen molar-refractivity contribution < 1.29 is 19.1 Å². The Kier molecular flexibility index (Phi) is 5.40. The number of hydrogen-bond donors (Lipinski definition) is 2. The van der Waals surface area contributed by atoms with Crippen LogP contribution >= 0.6 is 0 Å². The topological polar surface area (TPSA) is 79.9 Å². The van der Waals surface area contributed by atoms with Gasteiger partial charge in [0, 0.05) is 32.6 Å². The van der Waals surface area contributed by atoms with E-state index in [1.807, 2.05) is 23.1 Å². The van der Waals surface area contributed by atoms with Gasteiger partial charge >= 0.3 is 6.03 Å². The number of likely N-dealkylation sites (tertiary alicyclic amines) is 1. The smallest absolute Gasteiger partial charge is 0.315 e. The predicted octanol–water partition coefficient (Wildman–Crippen LogP) is 1.62. The zero-order valence-electron chi connectivity index (χ0n) is 13.7. The van der Waals surface area contributed by atoms with Crippen LogP contribution in [0.3, 0.4) is 0 Å². The fourth-order valence-corrected chi connectivity index (χ4v) is 2.88. The number of hydrogen-bond acceptors (Lipinski definition) is 4. The maximum absolute atomic E-state index is 11.9. The highest BCUT2D eigenvalue weighted by Gasteiger charge is 2.16. The summed E-state index contributed by atoms with van der Waals surface area (Å²) in [5.74, 6) is 1.62. The summed E-state index contributed by atoms with van der Waals surface area (Å²) < 4.78 is 10.6. The van der Waals surface area contributed by atoms with E-state index in [1.165, 1.54) is 0 Å². The molecule has 2 N–H and O–H groups in total. The molecule has 0 radical (unpaired) electrons. The number of benzene rings is 1. The molecule has 24 heavy (non-hydrogen) atoms. The van der Waals surface area contributed by atoms with Crippen molar-refractivity contribution in [3.63, 3.8) is 0 Å². The van der Waals surface area contributed by atoms with E-state index in [0.29, 0.717) is 31.8 Å². The van der Waals surface area contributed by atoms with Crippen molar-refractivity contribution in [3.05, 3.63) is 23.8 Å². The molecule has 130 valence electrons. The molecule has 0 aliphatic carbocycles. The molecule has 2 heterocycles. The number of nitrogens with one attached hydrogen (secondary N) is 2. The number of fused-ring (bicyclic) bond motifs is 1. The predicted molar refractivity (Wildman–Crippen MR) is 87.9 cm³/mol. The highest BCUT2D eigenvalue weighted by molar-refractivity contribution is 5.76. The van der Waals surface area contributed by atoms with Crippen LogP contribution in [-0.4, -0.2) is 43.3 Å². The van der Waals surface area contributed by atoms with Crippen LogP contribution in [0.2, 0.25) is 0 Å². The lowest BCUT2D eigenvalue weighted by Gasteiger charge is -2.20. The van der Waals surface area contributed by atoms with E-state index in [1.54, 1.807) is 0 Å². The molecule has 0 aromatic heterocycles. The van der Waals surface area contributed by atoms with Gasteiger partial charge < -0.3 is 25.0 Å². The lowest BCUT2D eigenvalue weighted by Crippen LogP contribution is -2.41. The average molecular weight is 333 g/mol. The number of nitrogens with zero attached hydrogens (tertiary/aromatic N) is 1. The second kappa shape index (κ2) is 7.90. The molecule has 1 aromatic rings. The maximum atomic E-state index is 11.9. The van der Waals surface area contributed by atoms with Gasteiger partial charge in [-0.25, -0.2) is 4.79 Å². The minimum atomic E-state index is -0.241. The summed E-state index contributed by atoms with van der Waals surface area (Å²) in [6, 6.07) is 5.35. The molecule has 0 bridgehead atoms. The fraction of sp³-hybridized carbons (Fsp3) is 0.529. The SMILES string of the molecule is O=C(NCCN1CCCCCC1=O)NCc1ccc2c(c1)OCO2. The summed E-state index contributed by atoms with van der Waals surface area (Å²) in [4.78, 5) is 25.6. The van der Waals surface area contributed by atoms with E-state index in [0.717, 1.165) is 37.1 Å². The maximum Gasteiger partial charge on any atom is 0.315 e. The summed E-state index contributed by atoms with van der Waals surface area (Å²) in [6.07, 6.45) is 3.74. The largest absolute Gasteiger partial charge is 0.454 e. The zero-order chi connectivity index (χ0) is 16.8. The van der Waals surface area contributed by atoms with Crippen molar-refractivity contribution in [2.45, 2.75) is 32.2 Å². The highest BCUT2D eigenvalue weighted by atomic mass is 16.7. The van der Waals surface area contributed by atoms with Crippen LogP contribution in [0, 0.1) is 0 Å². The second-order valence-electron chi connectivity index (χ2n) is 5.99.